The lowest BCUT2D eigenvalue weighted by Crippen LogP contribution is -2.10. The number of aromatic nitrogens is 3. The first-order valence-electron chi connectivity index (χ1n) is 5.95. The molecule has 1 aromatic heterocycles. The van der Waals surface area contributed by atoms with Gasteiger partial charge in [0.25, 0.3) is 0 Å². The van der Waals surface area contributed by atoms with Crippen LogP contribution in [0, 0.1) is 0 Å². The van der Waals surface area contributed by atoms with Crippen LogP contribution in [0.1, 0.15) is 10.4 Å². The standard InChI is InChI=1S/C14H10ClN3O2/c15-11-7-5-10(6-8-11)14(19)20-9-18-13-4-2-1-3-12(13)16-17-18/h1-8H,9H2. The van der Waals surface area contributed by atoms with Gasteiger partial charge in [-0.2, -0.15) is 0 Å². The van der Waals surface area contributed by atoms with Crippen molar-refractivity contribution in [1.29, 1.82) is 0 Å². The summed E-state index contributed by atoms with van der Waals surface area (Å²) in [6.07, 6.45) is 0. The molecule has 20 heavy (non-hydrogen) atoms. The molecule has 6 heteroatoms. The first-order valence-corrected chi connectivity index (χ1v) is 6.33. The lowest BCUT2D eigenvalue weighted by Gasteiger charge is -2.05. The van der Waals surface area contributed by atoms with Crippen LogP contribution in [-0.2, 0) is 11.5 Å². The van der Waals surface area contributed by atoms with Gasteiger partial charge in [0, 0.05) is 5.02 Å². The topological polar surface area (TPSA) is 57.0 Å². The average molecular weight is 288 g/mol. The molecule has 0 spiro atoms. The molecule has 0 saturated carbocycles. The minimum atomic E-state index is -0.429. The molecule has 0 atom stereocenters. The number of carbonyl (C=O) groups excluding carboxylic acids is 1. The Morgan fingerprint density at radius 2 is 1.90 bits per heavy atom. The van der Waals surface area contributed by atoms with Crippen LogP contribution in [0.4, 0.5) is 0 Å². The second-order valence-electron chi connectivity index (χ2n) is 4.15. The summed E-state index contributed by atoms with van der Waals surface area (Å²) in [5.41, 5.74) is 2.02. The van der Waals surface area contributed by atoms with Crippen LogP contribution in [0.2, 0.25) is 5.02 Å². The van der Waals surface area contributed by atoms with Gasteiger partial charge >= 0.3 is 5.97 Å². The zero-order chi connectivity index (χ0) is 13.9. The number of fused-ring (bicyclic) bond motifs is 1. The van der Waals surface area contributed by atoms with Crippen molar-refractivity contribution >= 4 is 28.6 Å². The maximum atomic E-state index is 11.9. The van der Waals surface area contributed by atoms with Gasteiger partial charge in [0.15, 0.2) is 6.73 Å². The first-order chi connectivity index (χ1) is 9.74. The molecule has 0 N–H and O–H groups in total. The molecule has 0 aliphatic heterocycles. The van der Waals surface area contributed by atoms with E-state index in [4.69, 9.17) is 16.3 Å². The van der Waals surface area contributed by atoms with Gasteiger partial charge in [-0.15, -0.1) is 5.10 Å². The molecular weight excluding hydrogens is 278 g/mol. The molecule has 0 aliphatic carbocycles. The molecule has 100 valence electrons. The third-order valence-corrected chi connectivity index (χ3v) is 3.07. The molecule has 2 aromatic carbocycles. The maximum Gasteiger partial charge on any atom is 0.339 e. The summed E-state index contributed by atoms with van der Waals surface area (Å²) in [5.74, 6) is -0.429. The Balaban J connectivity index is 1.73. The Morgan fingerprint density at radius 3 is 2.70 bits per heavy atom. The molecular formula is C14H10ClN3O2. The number of carbonyl (C=O) groups is 1. The average Bonchev–Trinajstić information content (AvgIpc) is 2.89. The van der Waals surface area contributed by atoms with Gasteiger partial charge in [-0.25, -0.2) is 9.48 Å². The Morgan fingerprint density at radius 1 is 1.15 bits per heavy atom. The summed E-state index contributed by atoms with van der Waals surface area (Å²) in [4.78, 5) is 11.9. The van der Waals surface area contributed by atoms with E-state index in [1.54, 1.807) is 24.3 Å². The monoisotopic (exact) mass is 287 g/mol. The highest BCUT2D eigenvalue weighted by atomic mass is 35.5. The third-order valence-electron chi connectivity index (χ3n) is 2.82. The molecule has 0 amide bonds. The fourth-order valence-corrected chi connectivity index (χ4v) is 1.93. The van der Waals surface area contributed by atoms with Gasteiger partial charge in [0.05, 0.1) is 11.1 Å². The molecule has 0 radical (unpaired) electrons. The van der Waals surface area contributed by atoms with E-state index >= 15 is 0 Å². The van der Waals surface area contributed by atoms with E-state index in [0.29, 0.717) is 10.6 Å². The molecule has 3 rings (SSSR count). The van der Waals surface area contributed by atoms with E-state index in [0.717, 1.165) is 11.0 Å². The predicted molar refractivity (Wildman–Crippen MR) is 74.4 cm³/mol. The summed E-state index contributed by atoms with van der Waals surface area (Å²) in [5, 5.41) is 8.50. The Kier molecular flexibility index (Phi) is 3.35. The fourth-order valence-electron chi connectivity index (χ4n) is 1.80. The number of para-hydroxylation sites is 1. The van der Waals surface area contributed by atoms with Crippen molar-refractivity contribution in [2.24, 2.45) is 0 Å². The van der Waals surface area contributed by atoms with Crippen LogP contribution in [0.5, 0.6) is 0 Å². The normalized spacial score (nSPS) is 10.7. The number of hydrogen-bond acceptors (Lipinski definition) is 4. The molecule has 3 aromatic rings. The van der Waals surface area contributed by atoms with Crippen LogP contribution >= 0.6 is 11.6 Å². The van der Waals surface area contributed by atoms with Gasteiger partial charge in [0.1, 0.15) is 5.52 Å². The van der Waals surface area contributed by atoms with E-state index in [1.807, 2.05) is 24.3 Å². The molecule has 5 nitrogen and oxygen atoms in total. The van der Waals surface area contributed by atoms with Crippen LogP contribution in [0.15, 0.2) is 48.5 Å². The number of halogens is 1. The Labute approximate surface area is 119 Å². The van der Waals surface area contributed by atoms with Crippen LogP contribution in [0.3, 0.4) is 0 Å². The van der Waals surface area contributed by atoms with Gasteiger partial charge in [-0.1, -0.05) is 28.9 Å². The van der Waals surface area contributed by atoms with E-state index in [1.165, 1.54) is 4.68 Å². The van der Waals surface area contributed by atoms with Gasteiger partial charge < -0.3 is 4.74 Å². The number of nitrogens with zero attached hydrogens (tertiary/aromatic N) is 3. The third kappa shape index (κ3) is 2.48. The van der Waals surface area contributed by atoms with Crippen molar-refractivity contribution in [3.63, 3.8) is 0 Å². The second-order valence-corrected chi connectivity index (χ2v) is 4.58. The minimum Gasteiger partial charge on any atom is -0.439 e. The van der Waals surface area contributed by atoms with E-state index < -0.39 is 5.97 Å². The maximum absolute atomic E-state index is 11.9. The second kappa shape index (κ2) is 5.30. The molecule has 1 heterocycles. The highest BCUT2D eigenvalue weighted by Gasteiger charge is 2.09. The Bertz CT molecular complexity index is 752. The smallest absolute Gasteiger partial charge is 0.339 e. The van der Waals surface area contributed by atoms with Gasteiger partial charge in [0.2, 0.25) is 0 Å². The Hall–Kier alpha value is -2.40. The number of benzene rings is 2. The minimum absolute atomic E-state index is 0.0158. The SMILES string of the molecule is O=C(OCn1nnc2ccccc21)c1ccc(Cl)cc1. The van der Waals surface area contributed by atoms with Crippen molar-refractivity contribution in [3.05, 3.63) is 59.1 Å². The summed E-state index contributed by atoms with van der Waals surface area (Å²) in [7, 11) is 0. The van der Waals surface area contributed by atoms with Gasteiger partial charge in [-0.05, 0) is 36.4 Å². The van der Waals surface area contributed by atoms with Crippen LogP contribution in [-0.4, -0.2) is 21.0 Å². The quantitative estimate of drug-likeness (QED) is 0.695. The molecule has 0 fully saturated rings. The van der Waals surface area contributed by atoms with Crippen molar-refractivity contribution < 1.29 is 9.53 Å². The lowest BCUT2D eigenvalue weighted by molar-refractivity contribution is 0.0355. The highest BCUT2D eigenvalue weighted by molar-refractivity contribution is 6.30. The summed E-state index contributed by atoms with van der Waals surface area (Å²) < 4.78 is 6.73. The molecule has 0 unspecified atom stereocenters. The van der Waals surface area contributed by atoms with Crippen LogP contribution in [0.25, 0.3) is 11.0 Å². The number of esters is 1. The summed E-state index contributed by atoms with van der Waals surface area (Å²) in [6, 6.07) is 14.0. The number of hydrogen-bond donors (Lipinski definition) is 0. The summed E-state index contributed by atoms with van der Waals surface area (Å²) >= 11 is 5.77. The number of ether oxygens (including phenoxy) is 1. The number of rotatable bonds is 3. The van der Waals surface area contributed by atoms with Crippen molar-refractivity contribution in [3.8, 4) is 0 Å². The first kappa shape index (κ1) is 12.6. The molecule has 0 aliphatic rings. The van der Waals surface area contributed by atoms with Crippen molar-refractivity contribution in [2.45, 2.75) is 6.73 Å². The van der Waals surface area contributed by atoms with E-state index in [-0.39, 0.29) is 6.73 Å². The highest BCUT2D eigenvalue weighted by Crippen LogP contribution is 2.12. The zero-order valence-corrected chi connectivity index (χ0v) is 11.1. The van der Waals surface area contributed by atoms with Crippen molar-refractivity contribution in [2.75, 3.05) is 0 Å². The lowest BCUT2D eigenvalue weighted by atomic mass is 10.2. The largest absolute Gasteiger partial charge is 0.439 e. The summed E-state index contributed by atoms with van der Waals surface area (Å²) in [6.45, 7) is 0.0158. The van der Waals surface area contributed by atoms with Crippen LogP contribution < -0.4 is 0 Å². The fraction of sp³-hybridized carbons (Fsp3) is 0.0714. The van der Waals surface area contributed by atoms with Crippen molar-refractivity contribution in [1.82, 2.24) is 15.0 Å². The molecule has 0 saturated heterocycles. The molecule has 0 bridgehead atoms. The predicted octanol–water partition coefficient (Wildman–Crippen LogP) is 2.90. The van der Waals surface area contributed by atoms with E-state index in [2.05, 4.69) is 10.3 Å². The van der Waals surface area contributed by atoms with E-state index in [9.17, 15) is 4.79 Å². The zero-order valence-electron chi connectivity index (χ0n) is 10.4. The van der Waals surface area contributed by atoms with Gasteiger partial charge in [-0.3, -0.25) is 0 Å².